The lowest BCUT2D eigenvalue weighted by Gasteiger charge is -2.18. The van der Waals surface area contributed by atoms with E-state index in [0.717, 1.165) is 12.1 Å². The molecule has 4 nitrogen and oxygen atoms in total. The van der Waals surface area contributed by atoms with Gasteiger partial charge in [0.15, 0.2) is 0 Å². The Bertz CT molecular complexity index is 475. The van der Waals surface area contributed by atoms with Gasteiger partial charge in [-0.2, -0.15) is 13.2 Å². The van der Waals surface area contributed by atoms with Gasteiger partial charge in [-0.1, -0.05) is 13.0 Å². The zero-order valence-corrected chi connectivity index (χ0v) is 11.3. The molecule has 0 saturated carbocycles. The van der Waals surface area contributed by atoms with Crippen LogP contribution in [0.4, 0.5) is 18.9 Å². The molecule has 1 atom stereocenters. The van der Waals surface area contributed by atoms with Crippen LogP contribution in [0.5, 0.6) is 0 Å². The first kappa shape index (κ1) is 16.3. The molecular formula is C13H17F3N2O2. The van der Waals surface area contributed by atoms with Crippen LogP contribution in [0.3, 0.4) is 0 Å². The van der Waals surface area contributed by atoms with Gasteiger partial charge in [0.05, 0.1) is 29.5 Å². The Morgan fingerprint density at radius 3 is 2.60 bits per heavy atom. The molecule has 0 saturated heterocycles. The number of methoxy groups -OCH3 is 1. The third-order valence-corrected chi connectivity index (χ3v) is 2.85. The van der Waals surface area contributed by atoms with Crippen LogP contribution in [0.15, 0.2) is 18.2 Å². The number of carbonyl (C=O) groups is 1. The summed E-state index contributed by atoms with van der Waals surface area (Å²) < 4.78 is 43.0. The molecule has 7 heteroatoms. The summed E-state index contributed by atoms with van der Waals surface area (Å²) in [6, 6.07) is 2.99. The highest BCUT2D eigenvalue weighted by molar-refractivity contribution is 6.00. The second-order valence-electron chi connectivity index (χ2n) is 4.30. The summed E-state index contributed by atoms with van der Waals surface area (Å²) in [4.78, 5) is 12.0. The van der Waals surface area contributed by atoms with E-state index in [2.05, 4.69) is 5.32 Å². The second kappa shape index (κ2) is 6.60. The fourth-order valence-electron chi connectivity index (χ4n) is 1.74. The van der Waals surface area contributed by atoms with E-state index in [-0.39, 0.29) is 18.2 Å². The highest BCUT2D eigenvalue weighted by atomic mass is 19.4. The van der Waals surface area contributed by atoms with Crippen molar-refractivity contribution in [1.29, 1.82) is 0 Å². The van der Waals surface area contributed by atoms with Gasteiger partial charge in [-0.3, -0.25) is 4.79 Å². The predicted octanol–water partition coefficient (Wildman–Crippen LogP) is 2.44. The van der Waals surface area contributed by atoms with Crippen LogP contribution in [0.25, 0.3) is 0 Å². The number of nitrogens with two attached hydrogens (primary N) is 1. The van der Waals surface area contributed by atoms with Gasteiger partial charge in [0.2, 0.25) is 0 Å². The Labute approximate surface area is 115 Å². The van der Waals surface area contributed by atoms with Gasteiger partial charge in [-0.25, -0.2) is 0 Å². The molecule has 0 aliphatic heterocycles. The zero-order valence-electron chi connectivity index (χ0n) is 11.3. The molecule has 0 fully saturated rings. The first-order valence-corrected chi connectivity index (χ1v) is 6.06. The second-order valence-corrected chi connectivity index (χ2v) is 4.30. The molecule has 1 aromatic carbocycles. The molecule has 0 heterocycles. The topological polar surface area (TPSA) is 64.3 Å². The maximum absolute atomic E-state index is 12.7. The van der Waals surface area contributed by atoms with Crippen molar-refractivity contribution in [3.63, 3.8) is 0 Å². The molecule has 0 spiro atoms. The van der Waals surface area contributed by atoms with E-state index in [4.69, 9.17) is 10.5 Å². The monoisotopic (exact) mass is 290 g/mol. The van der Waals surface area contributed by atoms with E-state index in [1.807, 2.05) is 6.92 Å². The summed E-state index contributed by atoms with van der Waals surface area (Å²) in [7, 11) is 1.48. The third-order valence-electron chi connectivity index (χ3n) is 2.85. The Morgan fingerprint density at radius 2 is 2.10 bits per heavy atom. The minimum absolute atomic E-state index is 0.186. The van der Waals surface area contributed by atoms with Crippen LogP contribution in [0.2, 0.25) is 0 Å². The molecule has 0 aromatic heterocycles. The van der Waals surface area contributed by atoms with Crippen molar-refractivity contribution in [2.45, 2.75) is 25.6 Å². The average Bonchev–Trinajstić information content (AvgIpc) is 2.36. The smallest absolute Gasteiger partial charge is 0.398 e. The van der Waals surface area contributed by atoms with Crippen molar-refractivity contribution < 1.29 is 22.7 Å². The van der Waals surface area contributed by atoms with Crippen LogP contribution in [-0.4, -0.2) is 25.7 Å². The SMILES string of the molecule is CCC(COC)NC(=O)c1cccc(C(F)(F)F)c1N. The fraction of sp³-hybridized carbons (Fsp3) is 0.462. The Hall–Kier alpha value is -1.76. The normalized spacial score (nSPS) is 13.1. The van der Waals surface area contributed by atoms with Gasteiger partial charge in [-0.15, -0.1) is 0 Å². The molecule has 0 aliphatic rings. The average molecular weight is 290 g/mol. The summed E-state index contributed by atoms with van der Waals surface area (Å²) in [5.74, 6) is -0.641. The molecule has 3 N–H and O–H groups in total. The van der Waals surface area contributed by atoms with Gasteiger partial charge < -0.3 is 15.8 Å². The number of anilines is 1. The van der Waals surface area contributed by atoms with Crippen molar-refractivity contribution in [2.75, 3.05) is 19.5 Å². The molecule has 0 aliphatic carbocycles. The molecule has 1 amide bonds. The first-order valence-electron chi connectivity index (χ1n) is 6.06. The number of para-hydroxylation sites is 1. The first-order chi connectivity index (χ1) is 9.31. The Morgan fingerprint density at radius 1 is 1.45 bits per heavy atom. The van der Waals surface area contributed by atoms with E-state index in [9.17, 15) is 18.0 Å². The third kappa shape index (κ3) is 3.86. The maximum Gasteiger partial charge on any atom is 0.418 e. The van der Waals surface area contributed by atoms with Crippen LogP contribution in [0, 0.1) is 0 Å². The number of nitrogen functional groups attached to an aromatic ring is 1. The molecule has 0 bridgehead atoms. The molecular weight excluding hydrogens is 273 g/mol. The summed E-state index contributed by atoms with van der Waals surface area (Å²) in [5.41, 5.74) is 3.69. The number of rotatable bonds is 5. The lowest BCUT2D eigenvalue weighted by molar-refractivity contribution is -0.136. The number of amides is 1. The van der Waals surface area contributed by atoms with Crippen LogP contribution < -0.4 is 11.1 Å². The number of nitrogens with one attached hydrogen (secondary N) is 1. The van der Waals surface area contributed by atoms with E-state index in [0.29, 0.717) is 6.42 Å². The Kier molecular flexibility index (Phi) is 5.38. The van der Waals surface area contributed by atoms with E-state index in [1.54, 1.807) is 0 Å². The van der Waals surface area contributed by atoms with Gasteiger partial charge in [-0.05, 0) is 18.6 Å². The lowest BCUT2D eigenvalue weighted by atomic mass is 10.1. The predicted molar refractivity (Wildman–Crippen MR) is 69.3 cm³/mol. The van der Waals surface area contributed by atoms with Crippen molar-refractivity contribution in [2.24, 2.45) is 0 Å². The largest absolute Gasteiger partial charge is 0.418 e. The van der Waals surface area contributed by atoms with E-state index < -0.39 is 23.3 Å². The van der Waals surface area contributed by atoms with Gasteiger partial charge >= 0.3 is 6.18 Å². The number of benzene rings is 1. The van der Waals surface area contributed by atoms with Crippen molar-refractivity contribution in [3.05, 3.63) is 29.3 Å². The fourth-order valence-corrected chi connectivity index (χ4v) is 1.74. The quantitative estimate of drug-likeness (QED) is 0.819. The molecule has 1 aromatic rings. The van der Waals surface area contributed by atoms with Crippen molar-refractivity contribution >= 4 is 11.6 Å². The molecule has 0 radical (unpaired) electrons. The summed E-state index contributed by atoms with van der Waals surface area (Å²) >= 11 is 0. The number of hydrogen-bond acceptors (Lipinski definition) is 3. The molecule has 20 heavy (non-hydrogen) atoms. The molecule has 1 rings (SSSR count). The van der Waals surface area contributed by atoms with Gasteiger partial charge in [0, 0.05) is 7.11 Å². The minimum Gasteiger partial charge on any atom is -0.398 e. The van der Waals surface area contributed by atoms with E-state index in [1.165, 1.54) is 13.2 Å². The minimum atomic E-state index is -4.59. The van der Waals surface area contributed by atoms with Crippen LogP contribution in [-0.2, 0) is 10.9 Å². The summed E-state index contributed by atoms with van der Waals surface area (Å²) in [6.45, 7) is 2.11. The van der Waals surface area contributed by atoms with Crippen LogP contribution >= 0.6 is 0 Å². The van der Waals surface area contributed by atoms with Crippen molar-refractivity contribution in [3.8, 4) is 0 Å². The van der Waals surface area contributed by atoms with Crippen LogP contribution in [0.1, 0.15) is 29.3 Å². The highest BCUT2D eigenvalue weighted by Gasteiger charge is 2.34. The number of hydrogen-bond donors (Lipinski definition) is 2. The number of alkyl halides is 3. The number of ether oxygens (including phenoxy) is 1. The van der Waals surface area contributed by atoms with Gasteiger partial charge in [0.25, 0.3) is 5.91 Å². The number of halogens is 3. The summed E-state index contributed by atoms with van der Waals surface area (Å²) in [5, 5.41) is 2.59. The van der Waals surface area contributed by atoms with Crippen molar-refractivity contribution in [1.82, 2.24) is 5.32 Å². The summed E-state index contributed by atoms with van der Waals surface area (Å²) in [6.07, 6.45) is -3.99. The standard InChI is InChI=1S/C13H17F3N2O2/c1-3-8(7-20-2)18-12(19)9-5-4-6-10(11(9)17)13(14,15)16/h4-6,8H,3,7,17H2,1-2H3,(H,18,19). The number of carbonyl (C=O) groups excluding carboxylic acids is 1. The zero-order chi connectivity index (χ0) is 15.3. The van der Waals surface area contributed by atoms with Gasteiger partial charge in [0.1, 0.15) is 0 Å². The lowest BCUT2D eigenvalue weighted by Crippen LogP contribution is -2.38. The van der Waals surface area contributed by atoms with E-state index >= 15 is 0 Å². The molecule has 1 unspecified atom stereocenters. The Balaban J connectivity index is 3.00. The highest BCUT2D eigenvalue weighted by Crippen LogP contribution is 2.34. The molecule has 112 valence electrons. The maximum atomic E-state index is 12.7.